The molecule has 0 saturated heterocycles. The van der Waals surface area contributed by atoms with E-state index < -0.39 is 0 Å². The average molecular weight is 285 g/mol. The molecule has 0 radical (unpaired) electrons. The van der Waals surface area contributed by atoms with Gasteiger partial charge in [0.2, 0.25) is 0 Å². The highest BCUT2D eigenvalue weighted by atomic mass is 19.1. The Labute approximate surface area is 125 Å². The summed E-state index contributed by atoms with van der Waals surface area (Å²) in [4.78, 5) is 0. The molecule has 0 aromatic heterocycles. The van der Waals surface area contributed by atoms with E-state index in [0.717, 1.165) is 24.1 Å². The molecule has 0 spiro atoms. The van der Waals surface area contributed by atoms with Gasteiger partial charge < -0.3 is 10.1 Å². The van der Waals surface area contributed by atoms with Gasteiger partial charge in [-0.2, -0.15) is 0 Å². The minimum Gasteiger partial charge on any atom is -0.502 e. The van der Waals surface area contributed by atoms with Crippen molar-refractivity contribution >= 4 is 0 Å². The summed E-state index contributed by atoms with van der Waals surface area (Å²) in [5.74, 6) is -0.218. The lowest BCUT2D eigenvalue weighted by molar-refractivity contribution is 0.243. The molecule has 0 aliphatic rings. The molecule has 0 aliphatic carbocycles. The maximum atomic E-state index is 13.1. The Morgan fingerprint density at radius 3 is 2.38 bits per heavy atom. The van der Waals surface area contributed by atoms with Crippen LogP contribution in [-0.4, -0.2) is 13.2 Å². The summed E-state index contributed by atoms with van der Waals surface area (Å²) < 4.78 is 18.2. The van der Waals surface area contributed by atoms with Crippen molar-refractivity contribution in [3.63, 3.8) is 0 Å². The van der Waals surface area contributed by atoms with Gasteiger partial charge >= 0.3 is 0 Å². The van der Waals surface area contributed by atoms with Crippen molar-refractivity contribution in [2.45, 2.75) is 12.5 Å². The van der Waals surface area contributed by atoms with E-state index in [0.29, 0.717) is 6.61 Å². The molecule has 1 N–H and O–H groups in total. The SMILES string of the molecule is C=COCCCNC(c1ccccc1)c1ccc(F)cc1. The van der Waals surface area contributed by atoms with Gasteiger partial charge in [-0.1, -0.05) is 49.0 Å². The highest BCUT2D eigenvalue weighted by Crippen LogP contribution is 2.22. The van der Waals surface area contributed by atoms with E-state index in [-0.39, 0.29) is 11.9 Å². The van der Waals surface area contributed by atoms with E-state index in [1.165, 1.54) is 18.4 Å². The number of nitrogens with one attached hydrogen (secondary N) is 1. The zero-order valence-corrected chi connectivity index (χ0v) is 12.0. The first kappa shape index (κ1) is 15.3. The van der Waals surface area contributed by atoms with Crippen LogP contribution >= 0.6 is 0 Å². The van der Waals surface area contributed by atoms with Gasteiger partial charge in [0.05, 0.1) is 18.9 Å². The largest absolute Gasteiger partial charge is 0.502 e. The van der Waals surface area contributed by atoms with E-state index in [1.807, 2.05) is 30.3 Å². The molecule has 2 rings (SSSR count). The van der Waals surface area contributed by atoms with Crippen LogP contribution in [0.15, 0.2) is 67.4 Å². The number of rotatable bonds is 8. The molecule has 0 saturated carbocycles. The Hall–Kier alpha value is -2.13. The Morgan fingerprint density at radius 1 is 1.05 bits per heavy atom. The van der Waals surface area contributed by atoms with Gasteiger partial charge in [0.25, 0.3) is 0 Å². The minimum atomic E-state index is -0.218. The number of benzene rings is 2. The summed E-state index contributed by atoms with van der Waals surface area (Å²) in [5, 5.41) is 3.49. The standard InChI is InChI=1S/C18H20FNO/c1-2-21-14-6-13-20-18(15-7-4-3-5-8-15)16-9-11-17(19)12-10-16/h2-5,7-12,18,20H,1,6,13-14H2. The second-order valence-electron chi connectivity index (χ2n) is 4.74. The van der Waals surface area contributed by atoms with Crippen molar-refractivity contribution in [2.75, 3.05) is 13.2 Å². The first-order chi connectivity index (χ1) is 10.3. The topological polar surface area (TPSA) is 21.3 Å². The summed E-state index contributed by atoms with van der Waals surface area (Å²) in [7, 11) is 0. The lowest BCUT2D eigenvalue weighted by Crippen LogP contribution is -2.24. The fraction of sp³-hybridized carbons (Fsp3) is 0.222. The van der Waals surface area contributed by atoms with Crippen molar-refractivity contribution < 1.29 is 9.13 Å². The first-order valence-electron chi connectivity index (χ1n) is 7.07. The Kier molecular flexibility index (Phi) is 5.98. The lowest BCUT2D eigenvalue weighted by Gasteiger charge is -2.20. The van der Waals surface area contributed by atoms with E-state index in [2.05, 4.69) is 24.0 Å². The zero-order valence-electron chi connectivity index (χ0n) is 12.0. The minimum absolute atomic E-state index is 0.0514. The highest BCUT2D eigenvalue weighted by molar-refractivity contribution is 5.31. The molecule has 2 nitrogen and oxygen atoms in total. The van der Waals surface area contributed by atoms with Crippen LogP contribution in [0.3, 0.4) is 0 Å². The lowest BCUT2D eigenvalue weighted by atomic mass is 9.98. The Balaban J connectivity index is 2.07. The summed E-state index contributed by atoms with van der Waals surface area (Å²) in [6, 6.07) is 16.8. The highest BCUT2D eigenvalue weighted by Gasteiger charge is 2.12. The Morgan fingerprint density at radius 2 is 1.71 bits per heavy atom. The molecule has 0 bridgehead atoms. The fourth-order valence-electron chi connectivity index (χ4n) is 2.21. The van der Waals surface area contributed by atoms with Gasteiger partial charge in [-0.15, -0.1) is 0 Å². The van der Waals surface area contributed by atoms with Crippen LogP contribution in [0.2, 0.25) is 0 Å². The van der Waals surface area contributed by atoms with Gasteiger partial charge in [0, 0.05) is 0 Å². The van der Waals surface area contributed by atoms with E-state index >= 15 is 0 Å². The molecule has 2 aromatic rings. The number of halogens is 1. The van der Waals surface area contributed by atoms with Crippen LogP contribution in [0, 0.1) is 5.82 Å². The quantitative estimate of drug-likeness (QED) is 0.583. The predicted octanol–water partition coefficient (Wildman–Crippen LogP) is 4.05. The number of hydrogen-bond acceptors (Lipinski definition) is 2. The molecular weight excluding hydrogens is 265 g/mol. The van der Waals surface area contributed by atoms with Gasteiger partial charge in [0.15, 0.2) is 0 Å². The zero-order chi connectivity index (χ0) is 14.9. The molecule has 0 amide bonds. The fourth-order valence-corrected chi connectivity index (χ4v) is 2.21. The van der Waals surface area contributed by atoms with Gasteiger partial charge in [0.1, 0.15) is 5.82 Å². The summed E-state index contributed by atoms with van der Waals surface area (Å²) in [5.41, 5.74) is 2.21. The normalized spacial score (nSPS) is 11.9. The average Bonchev–Trinajstić information content (AvgIpc) is 2.53. The second kappa shape index (κ2) is 8.22. The number of ether oxygens (including phenoxy) is 1. The molecule has 21 heavy (non-hydrogen) atoms. The summed E-state index contributed by atoms with van der Waals surface area (Å²) >= 11 is 0. The van der Waals surface area contributed by atoms with Crippen LogP contribution in [0.5, 0.6) is 0 Å². The monoisotopic (exact) mass is 285 g/mol. The smallest absolute Gasteiger partial charge is 0.123 e. The van der Waals surface area contributed by atoms with Crippen molar-refractivity contribution in [1.29, 1.82) is 0 Å². The van der Waals surface area contributed by atoms with Crippen molar-refractivity contribution in [3.8, 4) is 0 Å². The van der Waals surface area contributed by atoms with E-state index in [4.69, 9.17) is 4.74 Å². The Bertz CT molecular complexity index is 539. The summed E-state index contributed by atoms with van der Waals surface area (Å²) in [6.07, 6.45) is 2.34. The van der Waals surface area contributed by atoms with Crippen molar-refractivity contribution in [1.82, 2.24) is 5.32 Å². The third-order valence-corrected chi connectivity index (χ3v) is 3.24. The van der Waals surface area contributed by atoms with Gasteiger partial charge in [-0.25, -0.2) is 4.39 Å². The maximum absolute atomic E-state index is 13.1. The van der Waals surface area contributed by atoms with Crippen molar-refractivity contribution in [3.05, 3.63) is 84.4 Å². The van der Waals surface area contributed by atoms with Crippen LogP contribution in [0.4, 0.5) is 4.39 Å². The molecule has 2 aromatic carbocycles. The van der Waals surface area contributed by atoms with Crippen LogP contribution in [-0.2, 0) is 4.74 Å². The molecule has 0 fully saturated rings. The molecule has 110 valence electrons. The van der Waals surface area contributed by atoms with Gasteiger partial charge in [-0.05, 0) is 36.2 Å². The molecule has 0 aliphatic heterocycles. The van der Waals surface area contributed by atoms with E-state index in [9.17, 15) is 4.39 Å². The van der Waals surface area contributed by atoms with Crippen LogP contribution in [0.25, 0.3) is 0 Å². The molecule has 1 atom stereocenters. The van der Waals surface area contributed by atoms with Gasteiger partial charge in [-0.3, -0.25) is 0 Å². The predicted molar refractivity (Wildman–Crippen MR) is 83.5 cm³/mol. The van der Waals surface area contributed by atoms with Crippen LogP contribution < -0.4 is 5.32 Å². The molecule has 0 heterocycles. The third kappa shape index (κ3) is 4.72. The number of hydrogen-bond donors (Lipinski definition) is 1. The molecule has 3 heteroatoms. The summed E-state index contributed by atoms with van der Waals surface area (Å²) in [6.45, 7) is 4.97. The first-order valence-corrected chi connectivity index (χ1v) is 7.07. The third-order valence-electron chi connectivity index (χ3n) is 3.24. The molecule has 1 unspecified atom stereocenters. The van der Waals surface area contributed by atoms with E-state index in [1.54, 1.807) is 0 Å². The second-order valence-corrected chi connectivity index (χ2v) is 4.74. The maximum Gasteiger partial charge on any atom is 0.123 e. The van der Waals surface area contributed by atoms with Crippen LogP contribution in [0.1, 0.15) is 23.6 Å². The molecular formula is C18H20FNO. The van der Waals surface area contributed by atoms with Crippen molar-refractivity contribution in [2.24, 2.45) is 0 Å².